The smallest absolute Gasteiger partial charge is 0.311 e. The second-order valence-electron chi connectivity index (χ2n) is 5.58. The highest BCUT2D eigenvalue weighted by Crippen LogP contribution is 2.27. The van der Waals surface area contributed by atoms with Crippen molar-refractivity contribution >= 4 is 17.3 Å². The van der Waals surface area contributed by atoms with E-state index in [-0.39, 0.29) is 10.6 Å². The maximum Gasteiger partial charge on any atom is 0.311 e. The molecular weight excluding hydrogens is 268 g/mol. The van der Waals surface area contributed by atoms with Crippen molar-refractivity contribution in [3.05, 3.63) is 22.2 Å². The van der Waals surface area contributed by atoms with Crippen molar-refractivity contribution < 1.29 is 4.92 Å². The lowest BCUT2D eigenvalue weighted by Gasteiger charge is -2.17. The van der Waals surface area contributed by atoms with Gasteiger partial charge in [0, 0.05) is 18.7 Å². The van der Waals surface area contributed by atoms with Gasteiger partial charge in [-0.25, -0.2) is 4.98 Å². The zero-order valence-electron chi connectivity index (χ0n) is 12.6. The van der Waals surface area contributed by atoms with Crippen LogP contribution >= 0.6 is 0 Å². The predicted octanol–water partition coefficient (Wildman–Crippen LogP) is 3.95. The fraction of sp³-hybridized carbons (Fsp3) is 0.667. The highest BCUT2D eigenvalue weighted by Gasteiger charge is 2.20. The van der Waals surface area contributed by atoms with Crippen LogP contribution in [0.25, 0.3) is 0 Å². The zero-order valence-corrected chi connectivity index (χ0v) is 12.6. The molecule has 0 spiro atoms. The van der Waals surface area contributed by atoms with Gasteiger partial charge in [0.15, 0.2) is 0 Å². The number of nitrogens with one attached hydrogen (secondary N) is 2. The molecule has 1 aromatic rings. The molecule has 0 radical (unpaired) electrons. The molecule has 0 aromatic carbocycles. The first-order chi connectivity index (χ1) is 10.2. The van der Waals surface area contributed by atoms with Gasteiger partial charge in [-0.05, 0) is 25.3 Å². The summed E-state index contributed by atoms with van der Waals surface area (Å²) in [7, 11) is 0. The standard InChI is InChI=1S/C15H24N4O2/c1-2-11-16-14-10-9-13(19(20)21)15(18-14)17-12-7-5-3-4-6-8-12/h9-10,12H,2-8,11H2,1H3,(H2,16,17,18). The number of anilines is 2. The van der Waals surface area contributed by atoms with Crippen molar-refractivity contribution in [1.82, 2.24) is 4.98 Å². The van der Waals surface area contributed by atoms with E-state index in [2.05, 4.69) is 22.5 Å². The number of pyridine rings is 1. The number of hydrogen-bond donors (Lipinski definition) is 2. The Labute approximate surface area is 125 Å². The molecule has 1 fully saturated rings. The molecular formula is C15H24N4O2. The SMILES string of the molecule is CCCNc1ccc([N+](=O)[O-])c(NC2CCCCCC2)n1. The average Bonchev–Trinajstić information content (AvgIpc) is 2.73. The molecule has 1 aliphatic carbocycles. The Morgan fingerprint density at radius 1 is 1.29 bits per heavy atom. The molecule has 1 aliphatic rings. The van der Waals surface area contributed by atoms with Crippen LogP contribution in [0, 0.1) is 10.1 Å². The van der Waals surface area contributed by atoms with Crippen LogP contribution in [-0.2, 0) is 0 Å². The van der Waals surface area contributed by atoms with Crippen LogP contribution in [0.1, 0.15) is 51.9 Å². The Morgan fingerprint density at radius 2 is 2.00 bits per heavy atom. The molecule has 2 N–H and O–H groups in total. The average molecular weight is 292 g/mol. The third-order valence-electron chi connectivity index (χ3n) is 3.82. The second-order valence-corrected chi connectivity index (χ2v) is 5.58. The monoisotopic (exact) mass is 292 g/mol. The van der Waals surface area contributed by atoms with Gasteiger partial charge in [0.2, 0.25) is 5.82 Å². The van der Waals surface area contributed by atoms with E-state index in [4.69, 9.17) is 0 Å². The molecule has 0 saturated heterocycles. The van der Waals surface area contributed by atoms with E-state index >= 15 is 0 Å². The lowest BCUT2D eigenvalue weighted by molar-refractivity contribution is -0.384. The van der Waals surface area contributed by atoms with Crippen molar-refractivity contribution in [2.45, 2.75) is 57.9 Å². The van der Waals surface area contributed by atoms with Crippen LogP contribution in [0.15, 0.2) is 12.1 Å². The van der Waals surface area contributed by atoms with Gasteiger partial charge in [-0.1, -0.05) is 32.6 Å². The van der Waals surface area contributed by atoms with Crippen molar-refractivity contribution in [1.29, 1.82) is 0 Å². The first-order valence-corrected chi connectivity index (χ1v) is 7.86. The summed E-state index contributed by atoms with van der Waals surface area (Å²) in [6.07, 6.45) is 7.98. The van der Waals surface area contributed by atoms with Crippen LogP contribution in [0.3, 0.4) is 0 Å². The molecule has 1 saturated carbocycles. The van der Waals surface area contributed by atoms with Gasteiger partial charge >= 0.3 is 5.69 Å². The van der Waals surface area contributed by atoms with E-state index in [0.717, 1.165) is 25.8 Å². The van der Waals surface area contributed by atoms with Crippen LogP contribution < -0.4 is 10.6 Å². The molecule has 1 aromatic heterocycles. The Morgan fingerprint density at radius 3 is 2.62 bits per heavy atom. The van der Waals surface area contributed by atoms with Gasteiger partial charge in [0.05, 0.1) is 4.92 Å². The Kier molecular flexibility index (Phi) is 5.78. The lowest BCUT2D eigenvalue weighted by Crippen LogP contribution is -2.20. The van der Waals surface area contributed by atoms with Crippen molar-refractivity contribution in [3.8, 4) is 0 Å². The van der Waals surface area contributed by atoms with Gasteiger partial charge in [0.1, 0.15) is 5.82 Å². The maximum atomic E-state index is 11.2. The molecule has 0 bridgehead atoms. The van der Waals surface area contributed by atoms with Crippen LogP contribution in [0.5, 0.6) is 0 Å². The van der Waals surface area contributed by atoms with Crippen molar-refractivity contribution in [2.75, 3.05) is 17.2 Å². The molecule has 6 nitrogen and oxygen atoms in total. The Balaban J connectivity index is 2.14. The molecule has 116 valence electrons. The third-order valence-corrected chi connectivity index (χ3v) is 3.82. The third kappa shape index (κ3) is 4.58. The fourth-order valence-corrected chi connectivity index (χ4v) is 2.67. The molecule has 2 rings (SSSR count). The maximum absolute atomic E-state index is 11.2. The number of hydrogen-bond acceptors (Lipinski definition) is 5. The van der Waals surface area contributed by atoms with Crippen molar-refractivity contribution in [3.63, 3.8) is 0 Å². The van der Waals surface area contributed by atoms with Crippen LogP contribution in [-0.4, -0.2) is 22.5 Å². The van der Waals surface area contributed by atoms with Gasteiger partial charge in [-0.3, -0.25) is 10.1 Å². The summed E-state index contributed by atoms with van der Waals surface area (Å²) >= 11 is 0. The largest absolute Gasteiger partial charge is 0.370 e. The predicted molar refractivity (Wildman–Crippen MR) is 84.8 cm³/mol. The van der Waals surface area contributed by atoms with E-state index in [1.807, 2.05) is 0 Å². The molecule has 6 heteroatoms. The van der Waals surface area contributed by atoms with Crippen molar-refractivity contribution in [2.24, 2.45) is 0 Å². The van der Waals surface area contributed by atoms with E-state index < -0.39 is 0 Å². The molecule has 1 heterocycles. The number of rotatable bonds is 6. The summed E-state index contributed by atoms with van der Waals surface area (Å²) in [6.45, 7) is 2.89. The molecule has 21 heavy (non-hydrogen) atoms. The first kappa shape index (κ1) is 15.5. The summed E-state index contributed by atoms with van der Waals surface area (Å²) in [5.74, 6) is 1.09. The number of nitro groups is 1. The number of aromatic nitrogens is 1. The normalized spacial score (nSPS) is 16.2. The summed E-state index contributed by atoms with van der Waals surface area (Å²) in [4.78, 5) is 15.2. The van der Waals surface area contributed by atoms with Gasteiger partial charge < -0.3 is 10.6 Å². The van der Waals surface area contributed by atoms with Gasteiger partial charge in [-0.2, -0.15) is 0 Å². The molecule has 0 aliphatic heterocycles. The van der Waals surface area contributed by atoms with E-state index in [0.29, 0.717) is 17.7 Å². The number of nitrogens with zero attached hydrogens (tertiary/aromatic N) is 2. The van der Waals surface area contributed by atoms with E-state index in [1.54, 1.807) is 6.07 Å². The van der Waals surface area contributed by atoms with Crippen LogP contribution in [0.2, 0.25) is 0 Å². The minimum absolute atomic E-state index is 0.0568. The highest BCUT2D eigenvalue weighted by atomic mass is 16.6. The van der Waals surface area contributed by atoms with E-state index in [9.17, 15) is 10.1 Å². The van der Waals surface area contributed by atoms with E-state index in [1.165, 1.54) is 31.7 Å². The first-order valence-electron chi connectivity index (χ1n) is 7.86. The molecule has 0 atom stereocenters. The van der Waals surface area contributed by atoms with Gasteiger partial charge in [-0.15, -0.1) is 0 Å². The summed E-state index contributed by atoms with van der Waals surface area (Å²) in [5, 5.41) is 17.6. The fourth-order valence-electron chi connectivity index (χ4n) is 2.67. The topological polar surface area (TPSA) is 80.1 Å². The molecule has 0 unspecified atom stereocenters. The highest BCUT2D eigenvalue weighted by molar-refractivity contribution is 5.60. The second kappa shape index (κ2) is 7.81. The quantitative estimate of drug-likeness (QED) is 0.471. The van der Waals surface area contributed by atoms with Gasteiger partial charge in [0.25, 0.3) is 0 Å². The Bertz CT molecular complexity index is 471. The summed E-state index contributed by atoms with van der Waals surface area (Å²) < 4.78 is 0. The summed E-state index contributed by atoms with van der Waals surface area (Å²) in [5.41, 5.74) is 0.0568. The zero-order chi connectivity index (χ0) is 15.1. The lowest BCUT2D eigenvalue weighted by atomic mass is 10.1. The minimum Gasteiger partial charge on any atom is -0.370 e. The summed E-state index contributed by atoms with van der Waals surface area (Å²) in [6, 6.07) is 3.50. The minimum atomic E-state index is -0.365. The van der Waals surface area contributed by atoms with Crippen LogP contribution in [0.4, 0.5) is 17.3 Å². The Hall–Kier alpha value is -1.85. The molecule has 0 amide bonds.